The summed E-state index contributed by atoms with van der Waals surface area (Å²) < 4.78 is 1.92. The van der Waals surface area contributed by atoms with Gasteiger partial charge in [0.25, 0.3) is 0 Å². The minimum atomic E-state index is 0.474. The summed E-state index contributed by atoms with van der Waals surface area (Å²) in [5.74, 6) is 0.768. The predicted octanol–water partition coefficient (Wildman–Crippen LogP) is 2.28. The van der Waals surface area contributed by atoms with Gasteiger partial charge in [-0.15, -0.1) is 5.10 Å². The monoisotopic (exact) mass is 167 g/mol. The Labute approximate surface area is 73.8 Å². The van der Waals surface area contributed by atoms with Gasteiger partial charge in [0.2, 0.25) is 0 Å². The highest BCUT2D eigenvalue weighted by atomic mass is 15.4. The lowest BCUT2D eigenvalue weighted by atomic mass is 10.0. The largest absolute Gasteiger partial charge is 0.250 e. The van der Waals surface area contributed by atoms with Crippen LogP contribution in [0.4, 0.5) is 0 Å². The van der Waals surface area contributed by atoms with Crippen LogP contribution >= 0.6 is 0 Å². The summed E-state index contributed by atoms with van der Waals surface area (Å²) >= 11 is 0. The van der Waals surface area contributed by atoms with Crippen LogP contribution in [-0.2, 0) is 0 Å². The molecule has 0 N–H and O–H groups in total. The Hall–Kier alpha value is -0.860. The van der Waals surface area contributed by atoms with Crippen LogP contribution in [0.2, 0.25) is 0 Å². The Bertz CT molecular complexity index is 206. The van der Waals surface area contributed by atoms with Crippen LogP contribution in [0.25, 0.3) is 0 Å². The molecule has 3 nitrogen and oxygen atoms in total. The Kier molecular flexibility index (Phi) is 3.26. The van der Waals surface area contributed by atoms with Gasteiger partial charge in [-0.05, 0) is 19.3 Å². The first-order valence-electron chi connectivity index (χ1n) is 4.59. The van der Waals surface area contributed by atoms with E-state index in [1.165, 1.54) is 12.8 Å². The molecule has 0 fully saturated rings. The third-order valence-electron chi connectivity index (χ3n) is 2.33. The standard InChI is InChI=1S/C9H17N3/c1-4-8(2)7-9(3)12-6-5-10-11-12/h5-6,8-9H,4,7H2,1-3H3. The van der Waals surface area contributed by atoms with Gasteiger partial charge in [-0.3, -0.25) is 0 Å². The fourth-order valence-electron chi connectivity index (χ4n) is 1.31. The Morgan fingerprint density at radius 1 is 1.42 bits per heavy atom. The SMILES string of the molecule is CCC(C)CC(C)n1ccnn1. The van der Waals surface area contributed by atoms with E-state index < -0.39 is 0 Å². The molecule has 0 aliphatic carbocycles. The first kappa shape index (κ1) is 9.23. The molecule has 1 aromatic heterocycles. The second kappa shape index (κ2) is 4.24. The molecular formula is C9H17N3. The van der Waals surface area contributed by atoms with Crippen LogP contribution in [0.3, 0.4) is 0 Å². The van der Waals surface area contributed by atoms with Crippen LogP contribution in [0, 0.1) is 5.92 Å². The summed E-state index contributed by atoms with van der Waals surface area (Å²) in [6.45, 7) is 6.67. The summed E-state index contributed by atoms with van der Waals surface area (Å²) in [4.78, 5) is 0. The smallest absolute Gasteiger partial charge is 0.0693 e. The van der Waals surface area contributed by atoms with Crippen molar-refractivity contribution in [3.8, 4) is 0 Å². The lowest BCUT2D eigenvalue weighted by Gasteiger charge is -2.15. The molecule has 0 aliphatic heterocycles. The van der Waals surface area contributed by atoms with Crippen molar-refractivity contribution in [3.63, 3.8) is 0 Å². The van der Waals surface area contributed by atoms with Crippen LogP contribution < -0.4 is 0 Å². The maximum absolute atomic E-state index is 3.97. The van der Waals surface area contributed by atoms with E-state index in [1.807, 2.05) is 10.9 Å². The minimum Gasteiger partial charge on any atom is -0.250 e. The molecule has 1 aromatic rings. The average Bonchev–Trinajstić information content (AvgIpc) is 2.56. The predicted molar refractivity (Wildman–Crippen MR) is 48.8 cm³/mol. The summed E-state index contributed by atoms with van der Waals surface area (Å²) in [7, 11) is 0. The molecule has 0 saturated heterocycles. The molecule has 0 spiro atoms. The molecule has 0 aromatic carbocycles. The Morgan fingerprint density at radius 2 is 2.17 bits per heavy atom. The maximum Gasteiger partial charge on any atom is 0.0693 e. The molecule has 1 heterocycles. The van der Waals surface area contributed by atoms with Crippen molar-refractivity contribution in [1.29, 1.82) is 0 Å². The van der Waals surface area contributed by atoms with Gasteiger partial charge in [0.15, 0.2) is 0 Å². The van der Waals surface area contributed by atoms with Gasteiger partial charge in [0, 0.05) is 6.20 Å². The van der Waals surface area contributed by atoms with E-state index in [-0.39, 0.29) is 0 Å². The first-order chi connectivity index (χ1) is 5.74. The summed E-state index contributed by atoms with van der Waals surface area (Å²) in [6.07, 6.45) is 6.07. The molecule has 68 valence electrons. The summed E-state index contributed by atoms with van der Waals surface area (Å²) in [5, 5.41) is 7.76. The van der Waals surface area contributed by atoms with Gasteiger partial charge in [-0.2, -0.15) is 0 Å². The van der Waals surface area contributed by atoms with Crippen molar-refractivity contribution < 1.29 is 0 Å². The Balaban J connectivity index is 2.44. The van der Waals surface area contributed by atoms with Gasteiger partial charge in [-0.25, -0.2) is 4.68 Å². The second-order valence-electron chi connectivity index (χ2n) is 3.48. The molecule has 0 saturated carbocycles. The molecule has 1 rings (SSSR count). The van der Waals surface area contributed by atoms with Crippen molar-refractivity contribution in [2.75, 3.05) is 0 Å². The third kappa shape index (κ3) is 2.32. The molecule has 0 aliphatic rings. The number of nitrogens with zero attached hydrogens (tertiary/aromatic N) is 3. The molecule has 0 bridgehead atoms. The van der Waals surface area contributed by atoms with E-state index in [0.717, 1.165) is 5.92 Å². The molecule has 2 unspecified atom stereocenters. The van der Waals surface area contributed by atoms with E-state index in [9.17, 15) is 0 Å². The number of rotatable bonds is 4. The maximum atomic E-state index is 3.97. The molecule has 2 atom stereocenters. The third-order valence-corrected chi connectivity index (χ3v) is 2.33. The lowest BCUT2D eigenvalue weighted by Crippen LogP contribution is -2.09. The van der Waals surface area contributed by atoms with E-state index in [1.54, 1.807) is 6.20 Å². The van der Waals surface area contributed by atoms with Crippen molar-refractivity contribution in [3.05, 3.63) is 12.4 Å². The number of aromatic nitrogens is 3. The van der Waals surface area contributed by atoms with Gasteiger partial charge in [0.1, 0.15) is 0 Å². The highest BCUT2D eigenvalue weighted by molar-refractivity contribution is 4.70. The van der Waals surface area contributed by atoms with Crippen molar-refractivity contribution >= 4 is 0 Å². The summed E-state index contributed by atoms with van der Waals surface area (Å²) in [6, 6.07) is 0.474. The zero-order chi connectivity index (χ0) is 8.97. The fraction of sp³-hybridized carbons (Fsp3) is 0.778. The molecule has 0 radical (unpaired) electrons. The first-order valence-corrected chi connectivity index (χ1v) is 4.59. The van der Waals surface area contributed by atoms with Gasteiger partial charge in [0.05, 0.1) is 12.2 Å². The number of hydrogen-bond donors (Lipinski definition) is 0. The fourth-order valence-corrected chi connectivity index (χ4v) is 1.31. The van der Waals surface area contributed by atoms with Gasteiger partial charge in [-0.1, -0.05) is 25.5 Å². The molecule has 0 amide bonds. The molecule has 3 heteroatoms. The average molecular weight is 167 g/mol. The quantitative estimate of drug-likeness (QED) is 0.688. The Morgan fingerprint density at radius 3 is 2.67 bits per heavy atom. The summed E-state index contributed by atoms with van der Waals surface area (Å²) in [5.41, 5.74) is 0. The van der Waals surface area contributed by atoms with Crippen LogP contribution in [-0.4, -0.2) is 15.0 Å². The molecular weight excluding hydrogens is 150 g/mol. The lowest BCUT2D eigenvalue weighted by molar-refractivity contribution is 0.369. The number of hydrogen-bond acceptors (Lipinski definition) is 2. The van der Waals surface area contributed by atoms with E-state index in [2.05, 4.69) is 31.1 Å². The zero-order valence-electron chi connectivity index (χ0n) is 8.07. The van der Waals surface area contributed by atoms with Crippen molar-refractivity contribution in [2.24, 2.45) is 5.92 Å². The minimum absolute atomic E-state index is 0.474. The van der Waals surface area contributed by atoms with E-state index >= 15 is 0 Å². The zero-order valence-corrected chi connectivity index (χ0v) is 8.07. The van der Waals surface area contributed by atoms with E-state index in [0.29, 0.717) is 6.04 Å². The molecule has 12 heavy (non-hydrogen) atoms. The van der Waals surface area contributed by atoms with Crippen molar-refractivity contribution in [1.82, 2.24) is 15.0 Å². The van der Waals surface area contributed by atoms with Gasteiger partial charge < -0.3 is 0 Å². The van der Waals surface area contributed by atoms with Crippen LogP contribution in [0.1, 0.15) is 39.7 Å². The van der Waals surface area contributed by atoms with Gasteiger partial charge >= 0.3 is 0 Å². The highest BCUT2D eigenvalue weighted by Crippen LogP contribution is 2.17. The second-order valence-corrected chi connectivity index (χ2v) is 3.48. The highest BCUT2D eigenvalue weighted by Gasteiger charge is 2.08. The van der Waals surface area contributed by atoms with E-state index in [4.69, 9.17) is 0 Å². The van der Waals surface area contributed by atoms with Crippen molar-refractivity contribution in [2.45, 2.75) is 39.7 Å². The van der Waals surface area contributed by atoms with Crippen LogP contribution in [0.15, 0.2) is 12.4 Å². The van der Waals surface area contributed by atoms with Crippen LogP contribution in [0.5, 0.6) is 0 Å². The normalized spacial score (nSPS) is 15.9. The topological polar surface area (TPSA) is 30.7 Å².